The zero-order valence-electron chi connectivity index (χ0n) is 13.5. The van der Waals surface area contributed by atoms with E-state index in [9.17, 15) is 4.79 Å². The summed E-state index contributed by atoms with van der Waals surface area (Å²) in [6, 6.07) is 17.2. The first-order chi connectivity index (χ1) is 11.6. The van der Waals surface area contributed by atoms with Gasteiger partial charge in [0.15, 0.2) is 5.69 Å². The number of para-hydroxylation sites is 1. The average Bonchev–Trinajstić information content (AvgIpc) is 2.93. The predicted molar refractivity (Wildman–Crippen MR) is 94.7 cm³/mol. The molecule has 1 aromatic heterocycles. The largest absolute Gasteiger partial charge is 0.461 e. The summed E-state index contributed by atoms with van der Waals surface area (Å²) < 4.78 is 6.89. The Hall–Kier alpha value is -2.59. The van der Waals surface area contributed by atoms with Gasteiger partial charge in [0.2, 0.25) is 0 Å². The molecule has 0 saturated heterocycles. The van der Waals surface area contributed by atoms with Gasteiger partial charge in [0, 0.05) is 16.1 Å². The highest BCUT2D eigenvalue weighted by Crippen LogP contribution is 2.30. The van der Waals surface area contributed by atoms with Gasteiger partial charge < -0.3 is 4.74 Å². The van der Waals surface area contributed by atoms with E-state index in [-0.39, 0.29) is 0 Å². The summed E-state index contributed by atoms with van der Waals surface area (Å²) in [5.74, 6) is -0.423. The van der Waals surface area contributed by atoms with Crippen LogP contribution in [0, 0.1) is 6.92 Å². The molecule has 0 fully saturated rings. The van der Waals surface area contributed by atoms with Crippen LogP contribution in [0.25, 0.3) is 16.9 Å². The van der Waals surface area contributed by atoms with Gasteiger partial charge in [-0.2, -0.15) is 5.10 Å². The van der Waals surface area contributed by atoms with Crippen molar-refractivity contribution in [3.05, 3.63) is 70.9 Å². The van der Waals surface area contributed by atoms with Gasteiger partial charge in [0.1, 0.15) is 0 Å². The van der Waals surface area contributed by atoms with Crippen molar-refractivity contribution in [1.29, 1.82) is 0 Å². The molecular weight excluding hydrogens is 324 g/mol. The highest BCUT2D eigenvalue weighted by Gasteiger charge is 2.22. The van der Waals surface area contributed by atoms with Crippen LogP contribution < -0.4 is 0 Å². The SMILES string of the molecule is CCOC(=O)c1nn(-c2ccccc2)c(-c2cccc(Cl)c2)c1C. The molecule has 0 amide bonds. The molecule has 0 N–H and O–H groups in total. The topological polar surface area (TPSA) is 44.1 Å². The van der Waals surface area contributed by atoms with Crippen LogP contribution in [0.1, 0.15) is 23.0 Å². The molecule has 0 saturated carbocycles. The van der Waals surface area contributed by atoms with Gasteiger partial charge in [-0.1, -0.05) is 41.9 Å². The molecule has 4 nitrogen and oxygen atoms in total. The van der Waals surface area contributed by atoms with Crippen molar-refractivity contribution < 1.29 is 9.53 Å². The summed E-state index contributed by atoms with van der Waals surface area (Å²) in [7, 11) is 0. The molecule has 24 heavy (non-hydrogen) atoms. The van der Waals surface area contributed by atoms with Crippen molar-refractivity contribution >= 4 is 17.6 Å². The normalized spacial score (nSPS) is 10.6. The second kappa shape index (κ2) is 6.89. The van der Waals surface area contributed by atoms with Crippen molar-refractivity contribution in [3.63, 3.8) is 0 Å². The van der Waals surface area contributed by atoms with E-state index in [0.717, 1.165) is 22.5 Å². The Kier molecular flexibility index (Phi) is 4.67. The number of rotatable bonds is 4. The summed E-state index contributed by atoms with van der Waals surface area (Å²) in [6.45, 7) is 3.96. The first kappa shape index (κ1) is 16.3. The lowest BCUT2D eigenvalue weighted by Crippen LogP contribution is -2.07. The fourth-order valence-electron chi connectivity index (χ4n) is 2.62. The molecule has 0 radical (unpaired) electrons. The minimum atomic E-state index is -0.423. The second-order valence-corrected chi connectivity index (χ2v) is 5.74. The van der Waals surface area contributed by atoms with Crippen LogP contribution in [0.5, 0.6) is 0 Å². The Morgan fingerprint density at radius 3 is 2.58 bits per heavy atom. The van der Waals surface area contributed by atoms with Crippen LogP contribution in [-0.4, -0.2) is 22.4 Å². The second-order valence-electron chi connectivity index (χ2n) is 5.30. The zero-order valence-corrected chi connectivity index (χ0v) is 14.2. The van der Waals surface area contributed by atoms with Crippen molar-refractivity contribution in [1.82, 2.24) is 9.78 Å². The molecule has 0 aliphatic carbocycles. The van der Waals surface area contributed by atoms with Crippen LogP contribution >= 0.6 is 11.6 Å². The van der Waals surface area contributed by atoms with Crippen molar-refractivity contribution in [2.45, 2.75) is 13.8 Å². The van der Waals surface area contributed by atoms with E-state index in [0.29, 0.717) is 17.3 Å². The Labute approximate surface area is 145 Å². The summed E-state index contributed by atoms with van der Waals surface area (Å²) in [4.78, 5) is 12.2. The lowest BCUT2D eigenvalue weighted by Gasteiger charge is -2.09. The summed E-state index contributed by atoms with van der Waals surface area (Å²) >= 11 is 6.14. The van der Waals surface area contributed by atoms with Crippen molar-refractivity contribution in [2.24, 2.45) is 0 Å². The zero-order chi connectivity index (χ0) is 17.1. The number of carbonyl (C=O) groups excluding carboxylic acids is 1. The van der Waals surface area contributed by atoms with Gasteiger partial charge >= 0.3 is 5.97 Å². The molecule has 3 aromatic rings. The standard InChI is InChI=1S/C19H17ClN2O2/c1-3-24-19(23)17-13(2)18(14-8-7-9-15(20)12-14)22(21-17)16-10-5-4-6-11-16/h4-12H,3H2,1-2H3. The molecule has 0 aliphatic rings. The first-order valence-electron chi connectivity index (χ1n) is 7.70. The molecule has 0 spiro atoms. The Balaban J connectivity index is 2.23. The fraction of sp³-hybridized carbons (Fsp3) is 0.158. The maximum atomic E-state index is 12.2. The maximum absolute atomic E-state index is 12.2. The highest BCUT2D eigenvalue weighted by atomic mass is 35.5. The third kappa shape index (κ3) is 3.05. The van der Waals surface area contributed by atoms with Gasteiger partial charge in [-0.05, 0) is 38.1 Å². The molecule has 1 heterocycles. The molecule has 5 heteroatoms. The van der Waals surface area contributed by atoms with Crippen LogP contribution in [0.3, 0.4) is 0 Å². The van der Waals surface area contributed by atoms with E-state index in [1.54, 1.807) is 11.6 Å². The fourth-order valence-corrected chi connectivity index (χ4v) is 2.81. The third-order valence-electron chi connectivity index (χ3n) is 3.69. The number of hydrogen-bond donors (Lipinski definition) is 0. The summed E-state index contributed by atoms with van der Waals surface area (Å²) in [5.41, 5.74) is 3.67. The van der Waals surface area contributed by atoms with E-state index in [1.807, 2.05) is 61.5 Å². The molecule has 0 bridgehead atoms. The number of benzene rings is 2. The average molecular weight is 341 g/mol. The van der Waals surface area contributed by atoms with Gasteiger partial charge in [-0.15, -0.1) is 0 Å². The maximum Gasteiger partial charge on any atom is 0.359 e. The monoisotopic (exact) mass is 340 g/mol. The lowest BCUT2D eigenvalue weighted by atomic mass is 10.1. The molecule has 122 valence electrons. The van der Waals surface area contributed by atoms with E-state index in [2.05, 4.69) is 5.10 Å². The number of ether oxygens (including phenoxy) is 1. The first-order valence-corrected chi connectivity index (χ1v) is 8.07. The Bertz CT molecular complexity index is 872. The van der Waals surface area contributed by atoms with Gasteiger partial charge in [-0.3, -0.25) is 0 Å². The van der Waals surface area contributed by atoms with E-state index >= 15 is 0 Å². The summed E-state index contributed by atoms with van der Waals surface area (Å²) in [6.07, 6.45) is 0. The molecule has 3 rings (SSSR count). The molecule has 2 aromatic carbocycles. The van der Waals surface area contributed by atoms with Crippen molar-refractivity contribution in [2.75, 3.05) is 6.61 Å². The van der Waals surface area contributed by atoms with Crippen LogP contribution in [-0.2, 0) is 4.74 Å². The predicted octanol–water partition coefficient (Wildman–Crippen LogP) is 4.68. The number of carbonyl (C=O) groups is 1. The third-order valence-corrected chi connectivity index (χ3v) is 3.92. The van der Waals surface area contributed by atoms with E-state index in [1.165, 1.54) is 0 Å². The number of halogens is 1. The smallest absolute Gasteiger partial charge is 0.359 e. The number of esters is 1. The molecular formula is C19H17ClN2O2. The van der Waals surface area contributed by atoms with E-state index in [4.69, 9.17) is 16.3 Å². The molecule has 0 aliphatic heterocycles. The minimum Gasteiger partial charge on any atom is -0.461 e. The minimum absolute atomic E-state index is 0.309. The lowest BCUT2D eigenvalue weighted by molar-refractivity contribution is 0.0518. The van der Waals surface area contributed by atoms with Crippen LogP contribution in [0.4, 0.5) is 0 Å². The van der Waals surface area contributed by atoms with Crippen LogP contribution in [0.2, 0.25) is 5.02 Å². The Morgan fingerprint density at radius 2 is 1.92 bits per heavy atom. The van der Waals surface area contributed by atoms with Crippen LogP contribution in [0.15, 0.2) is 54.6 Å². The number of nitrogens with zero attached hydrogens (tertiary/aromatic N) is 2. The number of aromatic nitrogens is 2. The molecule has 0 unspecified atom stereocenters. The molecule has 0 atom stereocenters. The number of hydrogen-bond acceptors (Lipinski definition) is 3. The van der Waals surface area contributed by atoms with Gasteiger partial charge in [-0.25, -0.2) is 9.48 Å². The van der Waals surface area contributed by atoms with Crippen molar-refractivity contribution in [3.8, 4) is 16.9 Å². The van der Waals surface area contributed by atoms with Gasteiger partial charge in [0.25, 0.3) is 0 Å². The highest BCUT2D eigenvalue weighted by molar-refractivity contribution is 6.30. The quantitative estimate of drug-likeness (QED) is 0.648. The van der Waals surface area contributed by atoms with Gasteiger partial charge in [0.05, 0.1) is 18.0 Å². The van der Waals surface area contributed by atoms with E-state index < -0.39 is 5.97 Å². The summed E-state index contributed by atoms with van der Waals surface area (Å²) in [5, 5.41) is 5.13. The Morgan fingerprint density at radius 1 is 1.17 bits per heavy atom.